The highest BCUT2D eigenvalue weighted by Crippen LogP contribution is 2.31. The summed E-state index contributed by atoms with van der Waals surface area (Å²) in [6.07, 6.45) is 0. The van der Waals surface area contributed by atoms with Crippen molar-refractivity contribution in [3.63, 3.8) is 0 Å². The summed E-state index contributed by atoms with van der Waals surface area (Å²) in [6, 6.07) is 11.3. The smallest absolute Gasteiger partial charge is 0.161 e. The Bertz CT molecular complexity index is 659. The fourth-order valence-corrected chi connectivity index (χ4v) is 2.78. The molecular formula is C19H23Cl2NO3. The van der Waals surface area contributed by atoms with Crippen LogP contribution in [0.3, 0.4) is 0 Å². The molecule has 0 aliphatic rings. The lowest BCUT2D eigenvalue weighted by molar-refractivity contribution is 0.199. The van der Waals surface area contributed by atoms with Crippen LogP contribution in [-0.2, 0) is 17.9 Å². The fourth-order valence-electron chi connectivity index (χ4n) is 2.28. The second-order valence-electron chi connectivity index (χ2n) is 5.37. The van der Waals surface area contributed by atoms with E-state index < -0.39 is 0 Å². The van der Waals surface area contributed by atoms with Gasteiger partial charge in [-0.05, 0) is 36.8 Å². The van der Waals surface area contributed by atoms with Crippen molar-refractivity contribution in [1.82, 2.24) is 5.32 Å². The molecule has 0 aliphatic carbocycles. The molecule has 25 heavy (non-hydrogen) atoms. The molecule has 0 spiro atoms. The Balaban J connectivity index is 2.06. The van der Waals surface area contributed by atoms with Crippen molar-refractivity contribution in [3.8, 4) is 11.5 Å². The number of nitrogens with one attached hydrogen (secondary N) is 1. The fraction of sp³-hybridized carbons (Fsp3) is 0.368. The largest absolute Gasteiger partial charge is 0.490 e. The first-order chi connectivity index (χ1) is 12.2. The second-order valence-corrected chi connectivity index (χ2v) is 6.19. The molecule has 0 fully saturated rings. The minimum atomic E-state index is 0.282. The molecule has 0 heterocycles. The third-order valence-electron chi connectivity index (χ3n) is 3.55. The third kappa shape index (κ3) is 6.08. The summed E-state index contributed by atoms with van der Waals surface area (Å²) in [6.45, 7) is 4.99. The lowest BCUT2D eigenvalue weighted by Crippen LogP contribution is -2.18. The van der Waals surface area contributed by atoms with Gasteiger partial charge in [-0.15, -0.1) is 0 Å². The summed E-state index contributed by atoms with van der Waals surface area (Å²) < 4.78 is 16.6. The molecule has 0 bridgehead atoms. The molecule has 0 saturated carbocycles. The highest BCUT2D eigenvalue weighted by atomic mass is 35.5. The van der Waals surface area contributed by atoms with E-state index in [-0.39, 0.29) is 6.61 Å². The highest BCUT2D eigenvalue weighted by Gasteiger charge is 2.10. The van der Waals surface area contributed by atoms with E-state index in [1.807, 2.05) is 31.2 Å². The number of methoxy groups -OCH3 is 1. The van der Waals surface area contributed by atoms with Crippen LogP contribution >= 0.6 is 23.2 Å². The minimum Gasteiger partial charge on any atom is -0.490 e. The Kier molecular flexibility index (Phi) is 8.35. The summed E-state index contributed by atoms with van der Waals surface area (Å²) in [5, 5.41) is 4.48. The summed E-state index contributed by atoms with van der Waals surface area (Å²) >= 11 is 12.4. The standard InChI is InChI=1S/C19H23Cl2NO3/c1-3-24-19-11-14(12-22-9-10-23-2)7-8-18(19)25-13-15-16(20)5-4-6-17(15)21/h4-8,11,22H,3,9-10,12-13H2,1-2H3. The molecule has 0 atom stereocenters. The van der Waals surface area contributed by atoms with Gasteiger partial charge in [-0.25, -0.2) is 0 Å². The van der Waals surface area contributed by atoms with Crippen LogP contribution in [0.5, 0.6) is 11.5 Å². The van der Waals surface area contributed by atoms with Crippen LogP contribution in [0.1, 0.15) is 18.1 Å². The van der Waals surface area contributed by atoms with Gasteiger partial charge in [0, 0.05) is 35.8 Å². The van der Waals surface area contributed by atoms with Gasteiger partial charge in [-0.3, -0.25) is 0 Å². The first-order valence-electron chi connectivity index (χ1n) is 8.16. The molecule has 136 valence electrons. The van der Waals surface area contributed by atoms with Gasteiger partial charge < -0.3 is 19.5 Å². The van der Waals surface area contributed by atoms with E-state index in [1.54, 1.807) is 19.2 Å². The minimum absolute atomic E-state index is 0.282. The molecule has 2 aromatic carbocycles. The van der Waals surface area contributed by atoms with E-state index in [0.29, 0.717) is 34.8 Å². The summed E-state index contributed by atoms with van der Waals surface area (Å²) in [5.74, 6) is 1.37. The van der Waals surface area contributed by atoms with Gasteiger partial charge in [-0.1, -0.05) is 35.3 Å². The van der Waals surface area contributed by atoms with Crippen molar-refractivity contribution in [2.75, 3.05) is 26.9 Å². The van der Waals surface area contributed by atoms with E-state index in [4.69, 9.17) is 37.4 Å². The van der Waals surface area contributed by atoms with Gasteiger partial charge in [0.15, 0.2) is 11.5 Å². The van der Waals surface area contributed by atoms with Crippen LogP contribution in [0.15, 0.2) is 36.4 Å². The molecule has 4 nitrogen and oxygen atoms in total. The van der Waals surface area contributed by atoms with Crippen molar-refractivity contribution in [2.45, 2.75) is 20.1 Å². The zero-order chi connectivity index (χ0) is 18.1. The SMILES string of the molecule is CCOc1cc(CNCCOC)ccc1OCc1c(Cl)cccc1Cl. The van der Waals surface area contributed by atoms with Crippen LogP contribution in [-0.4, -0.2) is 26.9 Å². The maximum absolute atomic E-state index is 6.19. The van der Waals surface area contributed by atoms with Gasteiger partial charge in [-0.2, -0.15) is 0 Å². The number of halogens is 2. The number of hydrogen-bond acceptors (Lipinski definition) is 4. The van der Waals surface area contributed by atoms with Crippen LogP contribution in [0.2, 0.25) is 10.0 Å². The molecule has 6 heteroatoms. The van der Waals surface area contributed by atoms with Crippen molar-refractivity contribution in [1.29, 1.82) is 0 Å². The number of benzene rings is 2. The number of rotatable bonds is 10. The molecule has 0 aromatic heterocycles. The quantitative estimate of drug-likeness (QED) is 0.603. The Morgan fingerprint density at radius 3 is 2.44 bits per heavy atom. The maximum Gasteiger partial charge on any atom is 0.161 e. The van der Waals surface area contributed by atoms with E-state index in [9.17, 15) is 0 Å². The molecule has 0 amide bonds. The van der Waals surface area contributed by atoms with Crippen LogP contribution in [0.25, 0.3) is 0 Å². The predicted octanol–water partition coefficient (Wildman–Crippen LogP) is 4.71. The highest BCUT2D eigenvalue weighted by molar-refractivity contribution is 6.35. The van der Waals surface area contributed by atoms with Gasteiger partial charge in [0.25, 0.3) is 0 Å². The van der Waals surface area contributed by atoms with Crippen molar-refractivity contribution in [2.24, 2.45) is 0 Å². The summed E-state index contributed by atoms with van der Waals surface area (Å²) in [7, 11) is 1.69. The predicted molar refractivity (Wildman–Crippen MR) is 102 cm³/mol. The Labute approximate surface area is 159 Å². The van der Waals surface area contributed by atoms with Crippen molar-refractivity contribution < 1.29 is 14.2 Å². The van der Waals surface area contributed by atoms with E-state index in [0.717, 1.165) is 24.2 Å². The monoisotopic (exact) mass is 383 g/mol. The van der Waals surface area contributed by atoms with Crippen LogP contribution in [0, 0.1) is 0 Å². The zero-order valence-electron chi connectivity index (χ0n) is 14.5. The average Bonchev–Trinajstić information content (AvgIpc) is 2.60. The normalized spacial score (nSPS) is 10.7. The molecule has 0 aliphatic heterocycles. The maximum atomic E-state index is 6.19. The lowest BCUT2D eigenvalue weighted by atomic mass is 10.2. The number of ether oxygens (including phenoxy) is 3. The topological polar surface area (TPSA) is 39.7 Å². The Morgan fingerprint density at radius 2 is 1.76 bits per heavy atom. The van der Waals surface area contributed by atoms with Crippen LogP contribution < -0.4 is 14.8 Å². The van der Waals surface area contributed by atoms with E-state index in [1.165, 1.54) is 0 Å². The summed E-state index contributed by atoms with van der Waals surface area (Å²) in [4.78, 5) is 0. The molecule has 0 radical (unpaired) electrons. The van der Waals surface area contributed by atoms with Gasteiger partial charge in [0.05, 0.1) is 13.2 Å². The first-order valence-corrected chi connectivity index (χ1v) is 8.92. The molecule has 2 aromatic rings. The molecule has 0 unspecified atom stereocenters. The molecular weight excluding hydrogens is 361 g/mol. The molecule has 0 saturated heterocycles. The molecule has 2 rings (SSSR count). The number of hydrogen-bond donors (Lipinski definition) is 1. The van der Waals surface area contributed by atoms with Crippen molar-refractivity contribution >= 4 is 23.2 Å². The first kappa shape index (κ1) is 19.9. The van der Waals surface area contributed by atoms with Gasteiger partial charge in [0.2, 0.25) is 0 Å². The van der Waals surface area contributed by atoms with Gasteiger partial charge in [0.1, 0.15) is 6.61 Å². The second kappa shape index (κ2) is 10.5. The van der Waals surface area contributed by atoms with Crippen molar-refractivity contribution in [3.05, 3.63) is 57.6 Å². The van der Waals surface area contributed by atoms with E-state index in [2.05, 4.69) is 5.32 Å². The Morgan fingerprint density at radius 1 is 1.00 bits per heavy atom. The van der Waals surface area contributed by atoms with Gasteiger partial charge >= 0.3 is 0 Å². The average molecular weight is 384 g/mol. The zero-order valence-corrected chi connectivity index (χ0v) is 16.0. The summed E-state index contributed by atoms with van der Waals surface area (Å²) in [5.41, 5.74) is 1.88. The Hall–Kier alpha value is -1.46. The lowest BCUT2D eigenvalue weighted by Gasteiger charge is -2.15. The van der Waals surface area contributed by atoms with E-state index >= 15 is 0 Å². The molecule has 1 N–H and O–H groups in total. The van der Waals surface area contributed by atoms with Crippen LogP contribution in [0.4, 0.5) is 0 Å². The third-order valence-corrected chi connectivity index (χ3v) is 4.26.